The van der Waals surface area contributed by atoms with Gasteiger partial charge in [-0.05, 0) is 67.7 Å². The Kier molecular flexibility index (Phi) is 4.42. The number of methoxy groups -OCH3 is 1. The quantitative estimate of drug-likeness (QED) is 0.625. The van der Waals surface area contributed by atoms with Crippen molar-refractivity contribution in [2.24, 2.45) is 5.73 Å². The van der Waals surface area contributed by atoms with E-state index in [2.05, 4.69) is 5.10 Å². The molecular formula is C25H25N5O4. The van der Waals surface area contributed by atoms with Crippen LogP contribution in [0.25, 0.3) is 5.69 Å². The lowest BCUT2D eigenvalue weighted by Crippen LogP contribution is -2.39. The molecule has 2 N–H and O–H groups in total. The van der Waals surface area contributed by atoms with Gasteiger partial charge < -0.3 is 20.3 Å². The second-order valence-electron chi connectivity index (χ2n) is 7.87. The largest absolute Gasteiger partial charge is 0.497 e. The number of nitrogens with zero attached hydrogens (tertiary/aromatic N) is 4. The summed E-state index contributed by atoms with van der Waals surface area (Å²) in [5.74, 6) is -1.32. The molecule has 0 bridgehead atoms. The molecule has 1 saturated heterocycles. The van der Waals surface area contributed by atoms with Crippen LogP contribution in [0.1, 0.15) is 51.3 Å². The topological polar surface area (TPSA) is 111 Å². The molecule has 3 amide bonds. The molecule has 9 nitrogen and oxygen atoms in total. The van der Waals surface area contributed by atoms with Crippen molar-refractivity contribution in [2.45, 2.75) is 25.6 Å². The minimum atomic E-state index is -2.17. The van der Waals surface area contributed by atoms with E-state index in [1.807, 2.05) is 0 Å². The zero-order valence-electron chi connectivity index (χ0n) is 22.4. The fourth-order valence-electron chi connectivity index (χ4n) is 4.08. The molecule has 2 aliphatic rings. The highest BCUT2D eigenvalue weighted by Gasteiger charge is 2.34. The second kappa shape index (κ2) is 8.66. The molecule has 2 aromatic carbocycles. The van der Waals surface area contributed by atoms with Gasteiger partial charge in [0.15, 0.2) is 5.69 Å². The lowest BCUT2D eigenvalue weighted by Gasteiger charge is -2.29. The van der Waals surface area contributed by atoms with Crippen LogP contribution < -0.4 is 20.3 Å². The van der Waals surface area contributed by atoms with E-state index < -0.39 is 31.2 Å². The summed E-state index contributed by atoms with van der Waals surface area (Å²) in [4.78, 5) is 40.8. The van der Waals surface area contributed by atoms with Crippen LogP contribution in [0.4, 0.5) is 11.4 Å². The Morgan fingerprint density at radius 2 is 1.65 bits per heavy atom. The number of nitrogens with two attached hydrogens (primary N) is 1. The highest BCUT2D eigenvalue weighted by molar-refractivity contribution is 6.09. The Hall–Kier alpha value is -4.14. The van der Waals surface area contributed by atoms with Crippen molar-refractivity contribution in [1.82, 2.24) is 9.78 Å². The van der Waals surface area contributed by atoms with Crippen LogP contribution >= 0.6 is 0 Å². The zero-order valence-corrected chi connectivity index (χ0v) is 18.4. The van der Waals surface area contributed by atoms with E-state index in [0.29, 0.717) is 29.2 Å². The van der Waals surface area contributed by atoms with Gasteiger partial charge in [-0.3, -0.25) is 14.4 Å². The number of anilines is 2. The van der Waals surface area contributed by atoms with Crippen molar-refractivity contribution >= 4 is 29.1 Å². The van der Waals surface area contributed by atoms with Crippen molar-refractivity contribution in [1.29, 1.82) is 0 Å². The fraction of sp³-hybridized carbons (Fsp3) is 0.280. The fourth-order valence-corrected chi connectivity index (χ4v) is 4.08. The number of aromatic nitrogens is 2. The number of primary amides is 1. The number of benzene rings is 2. The molecule has 174 valence electrons. The normalized spacial score (nSPS) is 20.6. The van der Waals surface area contributed by atoms with Crippen molar-refractivity contribution in [3.63, 3.8) is 0 Å². The number of fused-ring (bicyclic) bond motifs is 1. The van der Waals surface area contributed by atoms with Crippen molar-refractivity contribution in [3.8, 4) is 11.4 Å². The lowest BCUT2D eigenvalue weighted by atomic mass is 10.0. The molecule has 2 aliphatic heterocycles. The van der Waals surface area contributed by atoms with Crippen molar-refractivity contribution in [2.75, 3.05) is 30.0 Å². The molecule has 5 rings (SSSR count). The number of amides is 3. The van der Waals surface area contributed by atoms with Gasteiger partial charge in [-0.25, -0.2) is 4.68 Å². The third kappa shape index (κ3) is 3.68. The van der Waals surface area contributed by atoms with E-state index in [1.165, 1.54) is 41.0 Å². The van der Waals surface area contributed by atoms with Gasteiger partial charge in [0.25, 0.3) is 11.8 Å². The Bertz CT molecular complexity index is 1440. The predicted octanol–water partition coefficient (Wildman–Crippen LogP) is 2.70. The molecule has 0 atom stereocenters. The summed E-state index contributed by atoms with van der Waals surface area (Å²) in [5.41, 5.74) is 5.97. The van der Waals surface area contributed by atoms with Gasteiger partial charge in [-0.15, -0.1) is 0 Å². The van der Waals surface area contributed by atoms with Crippen LogP contribution in [0.3, 0.4) is 0 Å². The minimum Gasteiger partial charge on any atom is -0.497 e. The summed E-state index contributed by atoms with van der Waals surface area (Å²) in [7, 11) is 1.51. The minimum absolute atomic E-state index is 0.133. The van der Waals surface area contributed by atoms with E-state index in [0.717, 1.165) is 4.90 Å². The van der Waals surface area contributed by atoms with Gasteiger partial charge >= 0.3 is 0 Å². The van der Waals surface area contributed by atoms with Gasteiger partial charge in [0.1, 0.15) is 11.4 Å². The zero-order chi connectivity index (χ0) is 27.4. The van der Waals surface area contributed by atoms with Crippen LogP contribution in [0.2, 0.25) is 0 Å². The summed E-state index contributed by atoms with van der Waals surface area (Å²) in [6, 6.07) is 12.7. The Morgan fingerprint density at radius 1 is 1.00 bits per heavy atom. The molecule has 0 radical (unpaired) electrons. The predicted molar refractivity (Wildman–Crippen MR) is 127 cm³/mol. The van der Waals surface area contributed by atoms with Crippen LogP contribution in [-0.4, -0.2) is 47.7 Å². The lowest BCUT2D eigenvalue weighted by molar-refractivity contribution is -0.119. The number of piperidine rings is 1. The number of carbonyl (C=O) groups excluding carboxylic acids is 3. The van der Waals surface area contributed by atoms with E-state index >= 15 is 0 Å². The standard InChI is InChI=1S/C25H25N5O4/c1-34-19-11-9-18(10-12-19)30-23-20(22(27-30)24(26)32)13-15-29(25(23)33)17-7-5-16(6-8-17)28-14-3-2-4-21(28)31/h5-12H,2-4,13-15H2,1H3,(H2,26,32)/i13D2,14D2. The molecule has 0 aliphatic carbocycles. The van der Waals surface area contributed by atoms with Crippen LogP contribution in [0.15, 0.2) is 48.5 Å². The summed E-state index contributed by atoms with van der Waals surface area (Å²) in [6.45, 7) is -2.24. The van der Waals surface area contributed by atoms with E-state index in [1.54, 1.807) is 24.3 Å². The molecule has 3 aromatic rings. The molecule has 0 saturated carbocycles. The first-order chi connectivity index (χ1) is 17.9. The highest BCUT2D eigenvalue weighted by atomic mass is 16.5. The number of carbonyl (C=O) groups is 3. The molecule has 0 spiro atoms. The Morgan fingerprint density at radius 3 is 2.26 bits per heavy atom. The van der Waals surface area contributed by atoms with Crippen molar-refractivity contribution in [3.05, 3.63) is 65.5 Å². The average molecular weight is 464 g/mol. The van der Waals surface area contributed by atoms with Gasteiger partial charge in [-0.2, -0.15) is 5.10 Å². The van der Waals surface area contributed by atoms with Crippen LogP contribution in [0, 0.1) is 0 Å². The molecule has 9 heteroatoms. The molecule has 3 heterocycles. The first kappa shape index (κ1) is 17.4. The van der Waals surface area contributed by atoms with E-state index in [4.69, 9.17) is 16.0 Å². The molecular weight excluding hydrogens is 434 g/mol. The maximum atomic E-state index is 13.8. The summed E-state index contributed by atoms with van der Waals surface area (Å²) >= 11 is 0. The Labute approximate surface area is 202 Å². The summed E-state index contributed by atoms with van der Waals surface area (Å²) in [5, 5.41) is 4.22. The number of hydrogen-bond acceptors (Lipinski definition) is 5. The van der Waals surface area contributed by atoms with Gasteiger partial charge in [-0.1, -0.05) is 0 Å². The first-order valence-electron chi connectivity index (χ1n) is 12.8. The first-order valence-corrected chi connectivity index (χ1v) is 10.8. The van der Waals surface area contributed by atoms with E-state index in [-0.39, 0.29) is 35.7 Å². The SMILES string of the molecule is [2H]C1([2H])CN(c2ccc(N3C(=O)CCCC3([2H])[2H])cc2)C(=O)c2c1c(C(N)=O)nn2-c1ccc(OC)cc1. The summed E-state index contributed by atoms with van der Waals surface area (Å²) < 4.78 is 40.3. The van der Waals surface area contributed by atoms with Crippen LogP contribution in [-0.2, 0) is 11.2 Å². The third-order valence-corrected chi connectivity index (χ3v) is 5.80. The van der Waals surface area contributed by atoms with Crippen molar-refractivity contribution < 1.29 is 24.6 Å². The Balaban J connectivity index is 1.57. The molecule has 34 heavy (non-hydrogen) atoms. The molecule has 0 unspecified atom stereocenters. The maximum absolute atomic E-state index is 13.8. The highest BCUT2D eigenvalue weighted by Crippen LogP contribution is 2.31. The third-order valence-electron chi connectivity index (χ3n) is 5.80. The average Bonchev–Trinajstić information content (AvgIpc) is 3.29. The monoisotopic (exact) mass is 463 g/mol. The number of rotatable bonds is 5. The van der Waals surface area contributed by atoms with E-state index in [9.17, 15) is 14.4 Å². The molecule has 1 fully saturated rings. The smallest absolute Gasteiger partial charge is 0.277 e. The van der Waals surface area contributed by atoms with Crippen LogP contribution in [0.5, 0.6) is 5.75 Å². The van der Waals surface area contributed by atoms with Gasteiger partial charge in [0.05, 0.1) is 12.8 Å². The maximum Gasteiger partial charge on any atom is 0.277 e. The van der Waals surface area contributed by atoms with Gasteiger partial charge in [0, 0.05) is 41.9 Å². The van der Waals surface area contributed by atoms with Gasteiger partial charge in [0.2, 0.25) is 5.91 Å². The number of ether oxygens (including phenoxy) is 1. The number of hydrogen-bond donors (Lipinski definition) is 1. The molecule has 1 aromatic heterocycles. The second-order valence-corrected chi connectivity index (χ2v) is 7.87. The summed E-state index contributed by atoms with van der Waals surface area (Å²) in [6.07, 6.45) is -1.25.